The molecule has 0 fully saturated rings. The number of nitrogens with zero attached hydrogens (tertiary/aromatic N) is 1. The zero-order valence-corrected chi connectivity index (χ0v) is 23.3. The van der Waals surface area contributed by atoms with Crippen LogP contribution in [0, 0.1) is 0 Å². The molecule has 0 bridgehead atoms. The molecule has 0 N–H and O–H groups in total. The van der Waals surface area contributed by atoms with Crippen LogP contribution in [0.15, 0.2) is 103 Å². The second kappa shape index (κ2) is 8.97. The molecule has 2 heteroatoms. The zero-order chi connectivity index (χ0) is 25.7. The topological polar surface area (TPSA) is 12.9 Å². The number of aromatic nitrogens is 1. The van der Waals surface area contributed by atoms with Crippen LogP contribution in [0.25, 0.3) is 54.7 Å². The molecule has 0 aliphatic heterocycles. The fourth-order valence-electron chi connectivity index (χ4n) is 5.56. The van der Waals surface area contributed by atoms with Crippen molar-refractivity contribution in [1.82, 2.24) is 4.98 Å². The predicted molar refractivity (Wildman–Crippen MR) is 165 cm³/mol. The van der Waals surface area contributed by atoms with Gasteiger partial charge in [0.1, 0.15) is 0 Å². The van der Waals surface area contributed by atoms with E-state index < -0.39 is 8.07 Å². The van der Waals surface area contributed by atoms with E-state index in [1.54, 1.807) is 0 Å². The zero-order valence-electron chi connectivity index (χ0n) is 22.3. The van der Waals surface area contributed by atoms with Crippen LogP contribution in [-0.4, -0.2) is 13.1 Å². The molecule has 0 amide bonds. The highest BCUT2D eigenvalue weighted by Gasteiger charge is 2.17. The minimum Gasteiger partial charge on any atom is -0.256 e. The summed E-state index contributed by atoms with van der Waals surface area (Å²) in [4.78, 5) is 4.87. The smallest absolute Gasteiger partial charge is 0.0796 e. The van der Waals surface area contributed by atoms with E-state index in [1.807, 2.05) is 0 Å². The number of pyridine rings is 1. The molecule has 5 aromatic carbocycles. The number of rotatable bonds is 4. The van der Waals surface area contributed by atoms with Gasteiger partial charge in [-0.05, 0) is 78.3 Å². The lowest BCUT2D eigenvalue weighted by atomic mass is 9.88. The minimum absolute atomic E-state index is 0.479. The van der Waals surface area contributed by atoms with Gasteiger partial charge in [-0.1, -0.05) is 112 Å². The molecule has 0 saturated heterocycles. The van der Waals surface area contributed by atoms with Gasteiger partial charge in [-0.2, -0.15) is 0 Å². The molecule has 0 radical (unpaired) electrons. The van der Waals surface area contributed by atoms with Crippen molar-refractivity contribution in [2.75, 3.05) is 0 Å². The van der Waals surface area contributed by atoms with Crippen LogP contribution in [0.4, 0.5) is 0 Å². The molecule has 0 atom stereocenters. The molecule has 0 saturated carbocycles. The Labute approximate surface area is 220 Å². The lowest BCUT2D eigenvalue weighted by Gasteiger charge is -2.17. The summed E-state index contributed by atoms with van der Waals surface area (Å²) in [5.74, 6) is 0.479. The van der Waals surface area contributed by atoms with E-state index in [9.17, 15) is 0 Å². The van der Waals surface area contributed by atoms with Crippen molar-refractivity contribution in [2.24, 2.45) is 0 Å². The molecule has 0 unspecified atom stereocenters. The molecule has 6 aromatic rings. The van der Waals surface area contributed by atoms with Crippen molar-refractivity contribution in [3.05, 3.63) is 109 Å². The molecular weight excluding hydrogens is 462 g/mol. The quantitative estimate of drug-likeness (QED) is 0.175. The van der Waals surface area contributed by atoms with Gasteiger partial charge in [0.15, 0.2) is 0 Å². The summed E-state index contributed by atoms with van der Waals surface area (Å²) in [6.07, 6.45) is 2.08. The van der Waals surface area contributed by atoms with Crippen LogP contribution in [-0.2, 0) is 0 Å². The van der Waals surface area contributed by atoms with E-state index in [4.69, 9.17) is 4.98 Å². The van der Waals surface area contributed by atoms with Gasteiger partial charge < -0.3 is 0 Å². The van der Waals surface area contributed by atoms with Crippen molar-refractivity contribution >= 4 is 45.6 Å². The van der Waals surface area contributed by atoms with Crippen molar-refractivity contribution in [2.45, 2.75) is 39.4 Å². The van der Waals surface area contributed by atoms with Gasteiger partial charge in [0.25, 0.3) is 0 Å². The highest BCUT2D eigenvalue weighted by molar-refractivity contribution is 6.88. The SMILES string of the molecule is CC(C)c1ccccc1-c1ccc2c3ccc(-c4ccc([Si](C)(C)C)cn4)cc3c3ccccc3c2c1. The summed E-state index contributed by atoms with van der Waals surface area (Å²) in [6.45, 7) is 11.6. The van der Waals surface area contributed by atoms with Crippen molar-refractivity contribution in [1.29, 1.82) is 0 Å². The lowest BCUT2D eigenvalue weighted by molar-refractivity contribution is 0.869. The summed E-state index contributed by atoms with van der Waals surface area (Å²) < 4.78 is 0. The van der Waals surface area contributed by atoms with Crippen molar-refractivity contribution < 1.29 is 0 Å². The number of hydrogen-bond donors (Lipinski definition) is 0. The standard InChI is InChI=1S/C35H33NSi/c1-23(2)27-10-6-7-11-28(27)24-14-17-31-32-18-15-25(35-19-16-26(22-36-35)37(3,4)5)21-34(32)30-13-9-8-12-29(30)33(31)20-24/h6-23H,1-5H3. The molecule has 1 aromatic heterocycles. The molecular formula is C35H33NSi. The summed E-state index contributed by atoms with van der Waals surface area (Å²) >= 11 is 0. The summed E-state index contributed by atoms with van der Waals surface area (Å²) in [7, 11) is -1.37. The summed E-state index contributed by atoms with van der Waals surface area (Å²) in [5, 5.41) is 9.17. The van der Waals surface area contributed by atoms with Gasteiger partial charge in [-0.15, -0.1) is 0 Å². The number of hydrogen-bond acceptors (Lipinski definition) is 1. The van der Waals surface area contributed by atoms with Crippen LogP contribution < -0.4 is 5.19 Å². The summed E-state index contributed by atoms with van der Waals surface area (Å²) in [5.41, 5.74) is 6.20. The van der Waals surface area contributed by atoms with E-state index in [1.165, 1.54) is 59.8 Å². The van der Waals surface area contributed by atoms with Crippen LogP contribution in [0.5, 0.6) is 0 Å². The van der Waals surface area contributed by atoms with Gasteiger partial charge in [0, 0.05) is 11.8 Å². The maximum absolute atomic E-state index is 4.87. The first kappa shape index (κ1) is 23.6. The molecule has 37 heavy (non-hydrogen) atoms. The molecule has 6 rings (SSSR count). The Balaban J connectivity index is 1.57. The van der Waals surface area contributed by atoms with Crippen LogP contribution in [0.2, 0.25) is 19.6 Å². The Morgan fingerprint density at radius 1 is 0.568 bits per heavy atom. The lowest BCUT2D eigenvalue weighted by Crippen LogP contribution is -2.37. The highest BCUT2D eigenvalue weighted by Crippen LogP contribution is 2.39. The Morgan fingerprint density at radius 2 is 1.14 bits per heavy atom. The Hall–Kier alpha value is -3.75. The minimum atomic E-state index is -1.37. The predicted octanol–water partition coefficient (Wildman–Crippen LogP) is 9.54. The Morgan fingerprint density at radius 3 is 1.73 bits per heavy atom. The van der Waals surface area contributed by atoms with Gasteiger partial charge in [0.05, 0.1) is 13.8 Å². The van der Waals surface area contributed by atoms with Crippen LogP contribution in [0.3, 0.4) is 0 Å². The first-order valence-corrected chi connectivity index (χ1v) is 16.8. The first-order chi connectivity index (χ1) is 17.8. The van der Waals surface area contributed by atoms with Gasteiger partial charge in [-0.3, -0.25) is 4.98 Å². The molecule has 0 aliphatic carbocycles. The highest BCUT2D eigenvalue weighted by atomic mass is 28.3. The summed E-state index contributed by atoms with van der Waals surface area (Å²) in [6, 6.07) is 36.0. The van der Waals surface area contributed by atoms with Gasteiger partial charge >= 0.3 is 0 Å². The molecule has 0 spiro atoms. The van der Waals surface area contributed by atoms with Crippen molar-refractivity contribution in [3.8, 4) is 22.4 Å². The van der Waals surface area contributed by atoms with E-state index in [2.05, 4.69) is 137 Å². The Bertz CT molecular complexity index is 1750. The molecule has 1 heterocycles. The second-order valence-corrected chi connectivity index (χ2v) is 16.6. The van der Waals surface area contributed by atoms with E-state index >= 15 is 0 Å². The van der Waals surface area contributed by atoms with E-state index in [0.717, 1.165) is 5.69 Å². The monoisotopic (exact) mass is 495 g/mol. The number of benzene rings is 5. The van der Waals surface area contributed by atoms with Gasteiger partial charge in [-0.25, -0.2) is 0 Å². The van der Waals surface area contributed by atoms with E-state index in [0.29, 0.717) is 5.92 Å². The third kappa shape index (κ3) is 4.16. The fourth-order valence-corrected chi connectivity index (χ4v) is 6.59. The fraction of sp³-hybridized carbons (Fsp3) is 0.171. The second-order valence-electron chi connectivity index (χ2n) is 11.5. The van der Waals surface area contributed by atoms with Gasteiger partial charge in [0.2, 0.25) is 0 Å². The largest absolute Gasteiger partial charge is 0.256 e. The van der Waals surface area contributed by atoms with Crippen LogP contribution >= 0.6 is 0 Å². The normalized spacial score (nSPS) is 12.2. The molecule has 182 valence electrons. The van der Waals surface area contributed by atoms with Crippen molar-refractivity contribution in [3.63, 3.8) is 0 Å². The first-order valence-electron chi connectivity index (χ1n) is 13.3. The van der Waals surface area contributed by atoms with E-state index in [-0.39, 0.29) is 0 Å². The molecule has 0 aliphatic rings. The number of fused-ring (bicyclic) bond motifs is 6. The maximum atomic E-state index is 4.87. The average Bonchev–Trinajstić information content (AvgIpc) is 2.92. The Kier molecular flexibility index (Phi) is 5.73. The third-order valence-corrected chi connectivity index (χ3v) is 9.68. The van der Waals surface area contributed by atoms with Crippen LogP contribution in [0.1, 0.15) is 25.3 Å². The average molecular weight is 496 g/mol. The molecule has 1 nitrogen and oxygen atoms in total. The maximum Gasteiger partial charge on any atom is 0.0796 e. The third-order valence-electron chi connectivity index (χ3n) is 7.66.